The fourth-order valence-corrected chi connectivity index (χ4v) is 4.44. The fourth-order valence-electron chi connectivity index (χ4n) is 2.79. The Morgan fingerprint density at radius 2 is 1.89 bits per heavy atom. The highest BCUT2D eigenvalue weighted by atomic mass is 35.5. The van der Waals surface area contributed by atoms with Gasteiger partial charge < -0.3 is 0 Å². The van der Waals surface area contributed by atoms with Crippen LogP contribution in [0.4, 0.5) is 5.69 Å². The lowest BCUT2D eigenvalue weighted by Gasteiger charge is -2.25. The molecule has 144 valence electrons. The van der Waals surface area contributed by atoms with E-state index in [0.29, 0.717) is 18.8 Å². The van der Waals surface area contributed by atoms with Crippen molar-refractivity contribution in [3.05, 3.63) is 51.4 Å². The lowest BCUT2D eigenvalue weighted by Crippen LogP contribution is -2.35. The molecule has 0 amide bonds. The van der Waals surface area contributed by atoms with Crippen LogP contribution in [-0.2, 0) is 10.0 Å². The first-order chi connectivity index (χ1) is 12.9. The number of anilines is 1. The predicted molar refractivity (Wildman–Crippen MR) is 105 cm³/mol. The molecule has 2 heterocycles. The molecule has 10 heteroatoms. The average Bonchev–Trinajstić information content (AvgIpc) is 2.69. The van der Waals surface area contributed by atoms with Gasteiger partial charge >= 0.3 is 0 Å². The van der Waals surface area contributed by atoms with Gasteiger partial charge in [-0.2, -0.15) is 14.5 Å². The van der Waals surface area contributed by atoms with E-state index in [4.69, 9.17) is 11.6 Å². The molecule has 8 nitrogen and oxygen atoms in total. The summed E-state index contributed by atoms with van der Waals surface area (Å²) in [5, 5.41) is 10.0. The maximum atomic E-state index is 12.7. The van der Waals surface area contributed by atoms with Gasteiger partial charge in [-0.15, -0.1) is 0 Å². The minimum atomic E-state index is -3.46. The van der Waals surface area contributed by atoms with Gasteiger partial charge in [0.15, 0.2) is 0 Å². The van der Waals surface area contributed by atoms with E-state index in [1.165, 1.54) is 10.5 Å². The molecule has 1 aromatic carbocycles. The van der Waals surface area contributed by atoms with E-state index in [0.717, 1.165) is 24.8 Å². The molecule has 1 aliphatic rings. The summed E-state index contributed by atoms with van der Waals surface area (Å²) in [5.41, 5.74) is 3.81. The molecule has 0 radical (unpaired) electrons. The first-order valence-corrected chi connectivity index (χ1v) is 10.4. The molecule has 1 fully saturated rings. The number of rotatable bonds is 5. The topological polar surface area (TPSA) is 108 Å². The maximum absolute atomic E-state index is 12.7. The van der Waals surface area contributed by atoms with Gasteiger partial charge in [0.1, 0.15) is 10.7 Å². The number of H-pyrrole nitrogens is 1. The van der Waals surface area contributed by atoms with E-state index in [1.54, 1.807) is 31.2 Å². The third-order valence-electron chi connectivity index (χ3n) is 4.36. The summed E-state index contributed by atoms with van der Waals surface area (Å²) < 4.78 is 26.9. The number of hydrogen-bond donors (Lipinski definition) is 2. The molecule has 1 aliphatic heterocycles. The highest BCUT2D eigenvalue weighted by Crippen LogP contribution is 2.21. The van der Waals surface area contributed by atoms with Crippen molar-refractivity contribution in [1.82, 2.24) is 14.5 Å². The number of aromatic nitrogens is 2. The molecule has 2 N–H and O–H groups in total. The third-order valence-corrected chi connectivity index (χ3v) is 6.65. The fraction of sp³-hybridized carbons (Fsp3) is 0.353. The summed E-state index contributed by atoms with van der Waals surface area (Å²) in [4.78, 5) is 11.7. The third kappa shape index (κ3) is 4.37. The molecule has 2 aromatic rings. The number of nitrogens with zero attached hydrogens (tertiary/aromatic N) is 3. The van der Waals surface area contributed by atoms with Gasteiger partial charge in [0, 0.05) is 13.1 Å². The van der Waals surface area contributed by atoms with Gasteiger partial charge in [0.05, 0.1) is 16.8 Å². The Labute approximate surface area is 162 Å². The van der Waals surface area contributed by atoms with Crippen LogP contribution in [0.3, 0.4) is 0 Å². The van der Waals surface area contributed by atoms with Crippen LogP contribution in [0.5, 0.6) is 0 Å². The summed E-state index contributed by atoms with van der Waals surface area (Å²) in [7, 11) is -3.46. The number of aromatic amines is 1. The number of sulfonamides is 1. The van der Waals surface area contributed by atoms with Crippen LogP contribution in [0.2, 0.25) is 5.02 Å². The lowest BCUT2D eigenvalue weighted by molar-refractivity contribution is 0.346. The van der Waals surface area contributed by atoms with Gasteiger partial charge in [-0.1, -0.05) is 30.2 Å². The van der Waals surface area contributed by atoms with E-state index >= 15 is 0 Å². The van der Waals surface area contributed by atoms with Gasteiger partial charge in [0.25, 0.3) is 5.56 Å². The molecule has 1 aromatic heterocycles. The van der Waals surface area contributed by atoms with Gasteiger partial charge in [-0.3, -0.25) is 10.2 Å². The van der Waals surface area contributed by atoms with Crippen LogP contribution in [-0.4, -0.2) is 41.7 Å². The van der Waals surface area contributed by atoms with Crippen LogP contribution < -0.4 is 11.0 Å². The zero-order chi connectivity index (χ0) is 19.4. The van der Waals surface area contributed by atoms with Crippen LogP contribution in [0.1, 0.15) is 31.7 Å². The van der Waals surface area contributed by atoms with Gasteiger partial charge in [-0.25, -0.2) is 13.5 Å². The van der Waals surface area contributed by atoms with Crippen molar-refractivity contribution in [1.29, 1.82) is 0 Å². The Hall–Kier alpha value is -2.23. The number of hydrazone groups is 1. The standard InChI is InChI=1S/C17H20ClN5O3S/c1-12(20-21-15-11-19-22-17(24)16(15)18)13-5-7-14(8-6-13)27(25,26)23-9-3-2-4-10-23/h5-8,11H,2-4,9-10H2,1H3,(H2,21,22,24)/b20-12-. The van der Waals surface area contributed by atoms with Crippen molar-refractivity contribution in [2.24, 2.45) is 5.10 Å². The normalized spacial score (nSPS) is 16.3. The van der Waals surface area contributed by atoms with Crippen molar-refractivity contribution in [3.63, 3.8) is 0 Å². The van der Waals surface area contributed by atoms with Crippen molar-refractivity contribution in [2.45, 2.75) is 31.1 Å². The Bertz CT molecular complexity index is 996. The van der Waals surface area contributed by atoms with Gasteiger partial charge in [0.2, 0.25) is 10.0 Å². The molecule has 0 unspecified atom stereocenters. The predicted octanol–water partition coefficient (Wildman–Crippen LogP) is 2.43. The number of piperidine rings is 1. The quantitative estimate of drug-likeness (QED) is 0.582. The number of hydrogen-bond acceptors (Lipinski definition) is 6. The van der Waals surface area contributed by atoms with E-state index < -0.39 is 15.6 Å². The van der Waals surface area contributed by atoms with Crippen LogP contribution in [0.15, 0.2) is 45.3 Å². The first-order valence-electron chi connectivity index (χ1n) is 8.53. The number of halogens is 1. The Morgan fingerprint density at radius 3 is 2.56 bits per heavy atom. The van der Waals surface area contributed by atoms with Crippen molar-refractivity contribution in [2.75, 3.05) is 18.5 Å². The largest absolute Gasteiger partial charge is 0.285 e. The molecule has 27 heavy (non-hydrogen) atoms. The highest BCUT2D eigenvalue weighted by Gasteiger charge is 2.25. The molecule has 0 bridgehead atoms. The van der Waals surface area contributed by atoms with E-state index in [2.05, 4.69) is 20.7 Å². The molecule has 1 saturated heterocycles. The molecule has 0 spiro atoms. The molecule has 0 aliphatic carbocycles. The Kier molecular flexibility index (Phi) is 5.93. The van der Waals surface area contributed by atoms with E-state index in [-0.39, 0.29) is 15.6 Å². The second kappa shape index (κ2) is 8.20. The Balaban J connectivity index is 1.76. The van der Waals surface area contributed by atoms with Crippen LogP contribution in [0.25, 0.3) is 0 Å². The summed E-state index contributed by atoms with van der Waals surface area (Å²) in [6.07, 6.45) is 4.22. The molecule has 0 atom stereocenters. The molecular weight excluding hydrogens is 390 g/mol. The van der Waals surface area contributed by atoms with Crippen molar-refractivity contribution < 1.29 is 8.42 Å². The summed E-state index contributed by atoms with van der Waals surface area (Å²) in [6, 6.07) is 6.57. The highest BCUT2D eigenvalue weighted by molar-refractivity contribution is 7.89. The minimum absolute atomic E-state index is 0.0375. The van der Waals surface area contributed by atoms with E-state index in [9.17, 15) is 13.2 Å². The smallest absolute Gasteiger partial charge is 0.275 e. The summed E-state index contributed by atoms with van der Waals surface area (Å²) in [6.45, 7) is 2.90. The second-order valence-electron chi connectivity index (χ2n) is 6.22. The van der Waals surface area contributed by atoms with E-state index in [1.807, 2.05) is 0 Å². The SMILES string of the molecule is C/C(=N/Nc1cn[nH]c(=O)c1Cl)c1ccc(S(=O)(=O)N2CCCCC2)cc1. The maximum Gasteiger partial charge on any atom is 0.285 e. The first kappa shape index (κ1) is 19.5. The molecule has 3 rings (SSSR count). The minimum Gasteiger partial charge on any atom is -0.275 e. The monoisotopic (exact) mass is 409 g/mol. The van der Waals surface area contributed by atoms with Crippen LogP contribution >= 0.6 is 11.6 Å². The zero-order valence-electron chi connectivity index (χ0n) is 14.8. The molecule has 0 saturated carbocycles. The zero-order valence-corrected chi connectivity index (χ0v) is 16.3. The van der Waals surface area contributed by atoms with Crippen molar-refractivity contribution >= 4 is 33.0 Å². The second-order valence-corrected chi connectivity index (χ2v) is 8.54. The number of nitrogens with one attached hydrogen (secondary N) is 2. The lowest BCUT2D eigenvalue weighted by atomic mass is 10.1. The summed E-state index contributed by atoms with van der Waals surface area (Å²) in [5.74, 6) is 0. The van der Waals surface area contributed by atoms with Gasteiger partial charge in [-0.05, 0) is 37.5 Å². The summed E-state index contributed by atoms with van der Waals surface area (Å²) >= 11 is 5.88. The Morgan fingerprint density at radius 1 is 1.22 bits per heavy atom. The number of benzene rings is 1. The molecular formula is C17H20ClN5O3S. The van der Waals surface area contributed by atoms with Crippen molar-refractivity contribution in [3.8, 4) is 0 Å². The van der Waals surface area contributed by atoms with Crippen LogP contribution in [0, 0.1) is 0 Å². The average molecular weight is 410 g/mol.